The smallest absolute Gasteiger partial charge is 0.381 e. The Hall–Kier alpha value is -2.16. The third kappa shape index (κ3) is 4.65. The van der Waals surface area contributed by atoms with Gasteiger partial charge < -0.3 is 9.64 Å². The minimum absolute atomic E-state index is 0.00802. The number of ether oxygens (including phenoxy) is 1. The van der Waals surface area contributed by atoms with Crippen LogP contribution in [0.3, 0.4) is 0 Å². The summed E-state index contributed by atoms with van der Waals surface area (Å²) < 4.78 is 43.5. The monoisotopic (exact) mass is 332 g/mol. The summed E-state index contributed by atoms with van der Waals surface area (Å²) in [5.74, 6) is -0.788. The van der Waals surface area contributed by atoms with E-state index in [9.17, 15) is 28.1 Å². The van der Waals surface area contributed by atoms with Gasteiger partial charge in [-0.2, -0.15) is 13.2 Å². The molecular weight excluding hydrogens is 317 g/mol. The molecule has 1 saturated heterocycles. The van der Waals surface area contributed by atoms with Crippen molar-refractivity contribution in [2.24, 2.45) is 0 Å². The van der Waals surface area contributed by atoms with Crippen molar-refractivity contribution in [3.8, 4) is 0 Å². The first-order valence-corrected chi connectivity index (χ1v) is 6.98. The minimum atomic E-state index is -4.52. The number of nitro benzene ring substituents is 1. The van der Waals surface area contributed by atoms with Crippen molar-refractivity contribution >= 4 is 11.6 Å². The van der Waals surface area contributed by atoms with E-state index in [1.165, 1.54) is 12.1 Å². The molecule has 1 fully saturated rings. The van der Waals surface area contributed by atoms with E-state index in [0.717, 1.165) is 17.0 Å². The van der Waals surface area contributed by atoms with Gasteiger partial charge in [0.1, 0.15) is 6.54 Å². The van der Waals surface area contributed by atoms with E-state index in [0.29, 0.717) is 26.1 Å². The molecule has 0 saturated carbocycles. The topological polar surface area (TPSA) is 72.7 Å². The predicted octanol–water partition coefficient (Wildman–Crippen LogP) is 2.78. The standard InChI is InChI=1S/C14H15F3N2O4/c15-14(16,17)9-18(11-5-7-23-8-6-11)13(20)10-1-3-12(4-2-10)19(21)22/h1-4,11H,5-9H2. The molecule has 6 nitrogen and oxygen atoms in total. The van der Waals surface area contributed by atoms with Gasteiger partial charge in [-0.25, -0.2) is 0 Å². The van der Waals surface area contributed by atoms with Gasteiger partial charge in [-0.05, 0) is 25.0 Å². The zero-order valence-corrected chi connectivity index (χ0v) is 12.1. The zero-order chi connectivity index (χ0) is 17.0. The lowest BCUT2D eigenvalue weighted by atomic mass is 10.0. The van der Waals surface area contributed by atoms with Crippen LogP contribution in [0.5, 0.6) is 0 Å². The molecule has 0 aliphatic carbocycles. The molecule has 1 amide bonds. The average molecular weight is 332 g/mol. The quantitative estimate of drug-likeness (QED) is 0.628. The number of benzene rings is 1. The fraction of sp³-hybridized carbons (Fsp3) is 0.500. The second-order valence-electron chi connectivity index (χ2n) is 5.20. The van der Waals surface area contributed by atoms with Crippen LogP contribution >= 0.6 is 0 Å². The summed E-state index contributed by atoms with van der Waals surface area (Å²) in [6.45, 7) is -0.757. The zero-order valence-electron chi connectivity index (χ0n) is 12.1. The van der Waals surface area contributed by atoms with Crippen LogP contribution < -0.4 is 0 Å². The van der Waals surface area contributed by atoms with Gasteiger partial charge in [-0.3, -0.25) is 14.9 Å². The van der Waals surface area contributed by atoms with Crippen molar-refractivity contribution in [1.29, 1.82) is 0 Å². The lowest BCUT2D eigenvalue weighted by Gasteiger charge is -2.34. The number of nitrogens with zero attached hydrogens (tertiary/aromatic N) is 2. The summed E-state index contributed by atoms with van der Waals surface area (Å²) >= 11 is 0. The fourth-order valence-electron chi connectivity index (χ4n) is 2.45. The number of hydrogen-bond acceptors (Lipinski definition) is 4. The van der Waals surface area contributed by atoms with Crippen LogP contribution in [0.1, 0.15) is 23.2 Å². The molecule has 0 atom stereocenters. The fourth-order valence-corrected chi connectivity index (χ4v) is 2.45. The number of alkyl halides is 3. The van der Waals surface area contributed by atoms with Crippen molar-refractivity contribution in [3.05, 3.63) is 39.9 Å². The number of halogens is 3. The number of amides is 1. The highest BCUT2D eigenvalue weighted by Gasteiger charge is 2.37. The summed E-state index contributed by atoms with van der Waals surface area (Å²) in [6.07, 6.45) is -3.86. The second kappa shape index (κ2) is 6.95. The molecule has 9 heteroatoms. The van der Waals surface area contributed by atoms with Crippen molar-refractivity contribution in [3.63, 3.8) is 0 Å². The van der Waals surface area contributed by atoms with Gasteiger partial charge in [-0.15, -0.1) is 0 Å². The van der Waals surface area contributed by atoms with E-state index in [4.69, 9.17) is 4.74 Å². The van der Waals surface area contributed by atoms with E-state index < -0.39 is 29.6 Å². The third-order valence-electron chi connectivity index (χ3n) is 3.57. The number of hydrogen-bond donors (Lipinski definition) is 0. The molecular formula is C14H15F3N2O4. The molecule has 2 rings (SSSR count). The van der Waals surface area contributed by atoms with E-state index in [2.05, 4.69) is 0 Å². The Kier molecular flexibility index (Phi) is 5.19. The van der Waals surface area contributed by atoms with Crippen molar-refractivity contribution in [1.82, 2.24) is 4.90 Å². The lowest BCUT2D eigenvalue weighted by Crippen LogP contribution is -2.47. The second-order valence-corrected chi connectivity index (χ2v) is 5.20. The summed E-state index contributed by atoms with van der Waals surface area (Å²) in [6, 6.07) is 3.98. The first kappa shape index (κ1) is 17.2. The van der Waals surface area contributed by atoms with Crippen molar-refractivity contribution in [2.75, 3.05) is 19.8 Å². The molecule has 0 N–H and O–H groups in total. The van der Waals surface area contributed by atoms with Crippen molar-refractivity contribution in [2.45, 2.75) is 25.1 Å². The Morgan fingerprint density at radius 3 is 2.30 bits per heavy atom. The molecule has 1 aromatic rings. The molecule has 1 aliphatic rings. The Balaban J connectivity index is 2.22. The van der Waals surface area contributed by atoms with Crippen LogP contribution in [0.25, 0.3) is 0 Å². The first-order chi connectivity index (χ1) is 10.8. The minimum Gasteiger partial charge on any atom is -0.381 e. The highest BCUT2D eigenvalue weighted by molar-refractivity contribution is 5.94. The Morgan fingerprint density at radius 2 is 1.83 bits per heavy atom. The maximum Gasteiger partial charge on any atom is 0.406 e. The highest BCUT2D eigenvalue weighted by atomic mass is 19.4. The largest absolute Gasteiger partial charge is 0.406 e. The Labute approximate surface area is 130 Å². The van der Waals surface area contributed by atoms with Gasteiger partial charge in [0.15, 0.2) is 0 Å². The van der Waals surface area contributed by atoms with Gasteiger partial charge in [0.2, 0.25) is 0 Å². The summed E-state index contributed by atoms with van der Waals surface area (Å²) in [4.78, 5) is 23.2. The number of carbonyl (C=O) groups is 1. The first-order valence-electron chi connectivity index (χ1n) is 6.98. The predicted molar refractivity (Wildman–Crippen MR) is 74.0 cm³/mol. The molecule has 0 aromatic heterocycles. The van der Waals surface area contributed by atoms with Gasteiger partial charge in [-0.1, -0.05) is 0 Å². The van der Waals surface area contributed by atoms with Crippen LogP contribution in [-0.4, -0.2) is 47.7 Å². The maximum atomic E-state index is 12.8. The van der Waals surface area contributed by atoms with Crippen LogP contribution in [0.15, 0.2) is 24.3 Å². The van der Waals surface area contributed by atoms with Gasteiger partial charge in [0.25, 0.3) is 11.6 Å². The van der Waals surface area contributed by atoms with Gasteiger partial charge >= 0.3 is 6.18 Å². The molecule has 0 unspecified atom stereocenters. The number of rotatable bonds is 4. The van der Waals surface area contributed by atoms with Crippen LogP contribution in [0.4, 0.5) is 18.9 Å². The SMILES string of the molecule is O=C(c1ccc([N+](=O)[O-])cc1)N(CC(F)(F)F)C1CCOCC1. The molecule has 0 spiro atoms. The van der Waals surface area contributed by atoms with Crippen molar-refractivity contribution < 1.29 is 27.6 Å². The van der Waals surface area contributed by atoms with E-state index in [1.807, 2.05) is 0 Å². The average Bonchev–Trinajstić information content (AvgIpc) is 2.52. The number of nitro groups is 1. The van der Waals surface area contributed by atoms with Crippen LogP contribution in [0, 0.1) is 10.1 Å². The van der Waals surface area contributed by atoms with Crippen LogP contribution in [0.2, 0.25) is 0 Å². The highest BCUT2D eigenvalue weighted by Crippen LogP contribution is 2.24. The third-order valence-corrected chi connectivity index (χ3v) is 3.57. The molecule has 23 heavy (non-hydrogen) atoms. The number of non-ortho nitro benzene ring substituents is 1. The normalized spacial score (nSPS) is 16.1. The Morgan fingerprint density at radius 1 is 1.26 bits per heavy atom. The molecule has 1 aromatic carbocycles. The van der Waals surface area contributed by atoms with E-state index in [1.54, 1.807) is 0 Å². The Bertz CT molecular complexity index is 568. The summed E-state index contributed by atoms with van der Waals surface area (Å²) in [5, 5.41) is 10.6. The van der Waals surface area contributed by atoms with E-state index in [-0.39, 0.29) is 11.3 Å². The summed E-state index contributed by atoms with van der Waals surface area (Å²) in [7, 11) is 0. The maximum absolute atomic E-state index is 12.8. The van der Waals surface area contributed by atoms with Gasteiger partial charge in [0.05, 0.1) is 4.92 Å². The van der Waals surface area contributed by atoms with E-state index >= 15 is 0 Å². The molecule has 0 bridgehead atoms. The molecule has 126 valence electrons. The van der Waals surface area contributed by atoms with Crippen LogP contribution in [-0.2, 0) is 4.74 Å². The molecule has 1 aliphatic heterocycles. The summed E-state index contributed by atoms with van der Waals surface area (Å²) in [5.41, 5.74) is -0.235. The molecule has 0 radical (unpaired) electrons. The molecule has 1 heterocycles. The van der Waals surface area contributed by atoms with Gasteiger partial charge in [0, 0.05) is 37.0 Å². The number of carbonyl (C=O) groups excluding carboxylic acids is 1. The lowest BCUT2D eigenvalue weighted by molar-refractivity contribution is -0.384.